The Morgan fingerprint density at radius 3 is 2.77 bits per heavy atom. The van der Waals surface area contributed by atoms with Crippen LogP contribution in [0.15, 0.2) is 24.5 Å². The van der Waals surface area contributed by atoms with Gasteiger partial charge in [0.15, 0.2) is 0 Å². The average Bonchev–Trinajstić information content (AvgIpc) is 2.11. The van der Waals surface area contributed by atoms with E-state index in [1.54, 1.807) is 6.08 Å². The fourth-order valence-electron chi connectivity index (χ4n) is 1.22. The Balaban J connectivity index is 2.69. The van der Waals surface area contributed by atoms with Gasteiger partial charge >= 0.3 is 0 Å². The van der Waals surface area contributed by atoms with E-state index in [9.17, 15) is 10.2 Å². The van der Waals surface area contributed by atoms with Crippen molar-refractivity contribution in [1.29, 1.82) is 0 Å². The van der Waals surface area contributed by atoms with E-state index in [1.807, 2.05) is 0 Å². The molecule has 0 amide bonds. The van der Waals surface area contributed by atoms with Gasteiger partial charge in [0.2, 0.25) is 0 Å². The van der Waals surface area contributed by atoms with Crippen LogP contribution in [0.3, 0.4) is 0 Å². The van der Waals surface area contributed by atoms with Gasteiger partial charge in [-0.1, -0.05) is 6.08 Å². The lowest BCUT2D eigenvalue weighted by atomic mass is 10.0. The number of aliphatic hydroxyl groups is 3. The van der Waals surface area contributed by atoms with Gasteiger partial charge < -0.3 is 20.1 Å². The van der Waals surface area contributed by atoms with E-state index in [1.165, 1.54) is 6.08 Å². The minimum Gasteiger partial charge on any atom is -0.489 e. The number of hydrogen-bond donors (Lipinski definition) is 3. The van der Waals surface area contributed by atoms with Gasteiger partial charge in [0.1, 0.15) is 18.3 Å². The lowest BCUT2D eigenvalue weighted by molar-refractivity contribution is -0.0916. The molecule has 0 spiro atoms. The van der Waals surface area contributed by atoms with Crippen LogP contribution in [-0.4, -0.2) is 40.2 Å². The van der Waals surface area contributed by atoms with Crippen LogP contribution in [0.4, 0.5) is 0 Å². The van der Waals surface area contributed by atoms with Crippen molar-refractivity contribution in [3.63, 3.8) is 0 Å². The molecule has 0 saturated heterocycles. The maximum atomic E-state index is 9.32. The number of hydrogen-bond acceptors (Lipinski definition) is 4. The minimum absolute atomic E-state index is 0.313. The molecule has 0 aromatic heterocycles. The van der Waals surface area contributed by atoms with Crippen LogP contribution in [-0.2, 0) is 4.74 Å². The minimum atomic E-state index is -1.06. The molecule has 1 heterocycles. The molecule has 13 heavy (non-hydrogen) atoms. The first kappa shape index (κ1) is 10.2. The summed E-state index contributed by atoms with van der Waals surface area (Å²) in [4.78, 5) is 0. The van der Waals surface area contributed by atoms with E-state index in [0.717, 1.165) is 0 Å². The molecule has 0 aromatic carbocycles. The Bertz CT molecular complexity index is 212. The van der Waals surface area contributed by atoms with Gasteiger partial charge in [0.25, 0.3) is 0 Å². The molecule has 4 heteroatoms. The van der Waals surface area contributed by atoms with Crippen molar-refractivity contribution in [2.75, 3.05) is 6.61 Å². The lowest BCUT2D eigenvalue weighted by Gasteiger charge is -2.30. The molecule has 3 atom stereocenters. The molecule has 0 fully saturated rings. The second-order valence-corrected chi connectivity index (χ2v) is 2.95. The van der Waals surface area contributed by atoms with E-state index < -0.39 is 18.3 Å². The van der Waals surface area contributed by atoms with Crippen LogP contribution >= 0.6 is 0 Å². The molecule has 0 unspecified atom stereocenters. The van der Waals surface area contributed by atoms with Crippen LogP contribution in [0, 0.1) is 0 Å². The second kappa shape index (κ2) is 4.41. The highest BCUT2D eigenvalue weighted by molar-refractivity contribution is 5.09. The maximum absolute atomic E-state index is 9.32. The third-order valence-electron chi connectivity index (χ3n) is 1.92. The maximum Gasteiger partial charge on any atom is 0.150 e. The van der Waals surface area contributed by atoms with E-state index in [0.29, 0.717) is 12.2 Å². The molecule has 0 aliphatic carbocycles. The van der Waals surface area contributed by atoms with Crippen LogP contribution in [0.25, 0.3) is 0 Å². The summed E-state index contributed by atoms with van der Waals surface area (Å²) in [6.07, 6.45) is 0.776. The summed E-state index contributed by atoms with van der Waals surface area (Å²) in [5, 5.41) is 27.5. The Labute approximate surface area is 76.8 Å². The fraction of sp³-hybridized carbons (Fsp3) is 0.556. The summed E-state index contributed by atoms with van der Waals surface area (Å²) in [6.45, 7) is 3.21. The second-order valence-electron chi connectivity index (χ2n) is 2.95. The molecule has 74 valence electrons. The summed E-state index contributed by atoms with van der Waals surface area (Å²) in [6, 6.07) is 0. The highest BCUT2D eigenvalue weighted by Gasteiger charge is 2.31. The van der Waals surface area contributed by atoms with Gasteiger partial charge in [-0.2, -0.15) is 0 Å². The molecule has 0 radical (unpaired) electrons. The fourth-order valence-corrected chi connectivity index (χ4v) is 1.22. The smallest absolute Gasteiger partial charge is 0.150 e. The van der Waals surface area contributed by atoms with Crippen LogP contribution < -0.4 is 0 Å². The summed E-state index contributed by atoms with van der Waals surface area (Å²) < 4.78 is 5.19. The Kier molecular flexibility index (Phi) is 3.48. The first-order valence-corrected chi connectivity index (χ1v) is 4.14. The number of allylic oxidation sites excluding steroid dienone is 1. The average molecular weight is 186 g/mol. The molecular weight excluding hydrogens is 172 g/mol. The molecule has 0 saturated carbocycles. The summed E-state index contributed by atoms with van der Waals surface area (Å²) in [5.41, 5.74) is 0. The SMILES string of the molecule is C=CCC1=C[C@@H](O)[C@H](O)[C@@H](CO)O1. The normalized spacial score (nSPS) is 33.5. The Hall–Kier alpha value is -0.840. The highest BCUT2D eigenvalue weighted by Crippen LogP contribution is 2.20. The summed E-state index contributed by atoms with van der Waals surface area (Å²) >= 11 is 0. The van der Waals surface area contributed by atoms with Gasteiger partial charge in [-0.05, 0) is 6.08 Å². The zero-order chi connectivity index (χ0) is 9.84. The van der Waals surface area contributed by atoms with Gasteiger partial charge in [-0.3, -0.25) is 0 Å². The highest BCUT2D eigenvalue weighted by atomic mass is 16.5. The zero-order valence-electron chi connectivity index (χ0n) is 7.26. The molecule has 0 bridgehead atoms. The summed E-state index contributed by atoms with van der Waals surface area (Å²) in [7, 11) is 0. The number of ether oxygens (including phenoxy) is 1. The van der Waals surface area contributed by atoms with Crippen molar-refractivity contribution in [3.8, 4) is 0 Å². The van der Waals surface area contributed by atoms with Crippen LogP contribution in [0.2, 0.25) is 0 Å². The van der Waals surface area contributed by atoms with Crippen LogP contribution in [0.1, 0.15) is 6.42 Å². The molecular formula is C9H14O4. The van der Waals surface area contributed by atoms with Crippen molar-refractivity contribution in [2.45, 2.75) is 24.7 Å². The van der Waals surface area contributed by atoms with Gasteiger partial charge in [-0.25, -0.2) is 0 Å². The third kappa shape index (κ3) is 2.30. The first-order valence-electron chi connectivity index (χ1n) is 4.14. The predicted octanol–water partition coefficient (Wildman–Crippen LogP) is -0.441. The van der Waals surface area contributed by atoms with Gasteiger partial charge in [0, 0.05) is 6.42 Å². The van der Waals surface area contributed by atoms with Crippen molar-refractivity contribution in [2.24, 2.45) is 0 Å². The topological polar surface area (TPSA) is 69.9 Å². The van der Waals surface area contributed by atoms with Crippen molar-refractivity contribution < 1.29 is 20.1 Å². The van der Waals surface area contributed by atoms with E-state index in [2.05, 4.69) is 6.58 Å². The third-order valence-corrected chi connectivity index (χ3v) is 1.92. The van der Waals surface area contributed by atoms with Gasteiger partial charge in [-0.15, -0.1) is 6.58 Å². The van der Waals surface area contributed by atoms with Crippen molar-refractivity contribution >= 4 is 0 Å². The van der Waals surface area contributed by atoms with Crippen molar-refractivity contribution in [1.82, 2.24) is 0 Å². The monoisotopic (exact) mass is 186 g/mol. The van der Waals surface area contributed by atoms with E-state index in [-0.39, 0.29) is 6.61 Å². The molecule has 4 nitrogen and oxygen atoms in total. The van der Waals surface area contributed by atoms with Gasteiger partial charge in [0.05, 0.1) is 12.4 Å². The Morgan fingerprint density at radius 2 is 2.23 bits per heavy atom. The van der Waals surface area contributed by atoms with Crippen molar-refractivity contribution in [3.05, 3.63) is 24.5 Å². The molecule has 1 aliphatic heterocycles. The van der Waals surface area contributed by atoms with Crippen LogP contribution in [0.5, 0.6) is 0 Å². The lowest BCUT2D eigenvalue weighted by Crippen LogP contribution is -2.43. The molecule has 1 rings (SSSR count). The number of aliphatic hydroxyl groups excluding tert-OH is 3. The summed E-state index contributed by atoms with van der Waals surface area (Å²) in [5.74, 6) is 0.534. The Morgan fingerprint density at radius 1 is 1.54 bits per heavy atom. The quantitative estimate of drug-likeness (QED) is 0.522. The zero-order valence-corrected chi connectivity index (χ0v) is 7.26. The standard InChI is InChI=1S/C9H14O4/c1-2-3-6-4-7(11)9(12)8(5-10)13-6/h2,4,7-12H,1,3,5H2/t7-,8-,9+/m1/s1. The molecule has 3 N–H and O–H groups in total. The van der Waals surface area contributed by atoms with E-state index in [4.69, 9.17) is 9.84 Å². The largest absolute Gasteiger partial charge is 0.489 e. The van der Waals surface area contributed by atoms with E-state index >= 15 is 0 Å². The molecule has 0 aromatic rings. The molecule has 1 aliphatic rings. The number of rotatable bonds is 3. The predicted molar refractivity (Wildman–Crippen MR) is 46.9 cm³/mol. The first-order chi connectivity index (χ1) is 6.19.